The molecule has 126 valence electrons. The Hall–Kier alpha value is -0.850. The van der Waals surface area contributed by atoms with Gasteiger partial charge in [0.25, 0.3) is 0 Å². The molecule has 3 unspecified atom stereocenters. The molecule has 3 heteroatoms. The monoisotopic (exact) mass is 315 g/mol. The maximum Gasteiger partial charge on any atom is 0.0660 e. The second-order valence-corrected chi connectivity index (χ2v) is 9.11. The molecule has 0 aromatic rings. The first-order valence-electron chi connectivity index (χ1n) is 9.35. The number of nitriles is 1. The molecule has 0 saturated heterocycles. The number of hydrogen-bond donors (Lipinski definition) is 2. The van der Waals surface area contributed by atoms with Crippen LogP contribution in [-0.2, 0) is 0 Å². The van der Waals surface area contributed by atoms with Gasteiger partial charge >= 0.3 is 0 Å². The van der Waals surface area contributed by atoms with Crippen LogP contribution in [-0.4, -0.2) is 22.4 Å². The van der Waals surface area contributed by atoms with Gasteiger partial charge in [-0.05, 0) is 73.5 Å². The summed E-state index contributed by atoms with van der Waals surface area (Å²) in [4.78, 5) is 0. The lowest BCUT2D eigenvalue weighted by molar-refractivity contribution is -0.0755. The average molecular weight is 315 g/mol. The first-order chi connectivity index (χ1) is 10.9. The van der Waals surface area contributed by atoms with Crippen LogP contribution in [0.25, 0.3) is 0 Å². The number of nitrogens with zero attached hydrogens (tertiary/aromatic N) is 1. The molecule has 3 fully saturated rings. The molecule has 0 aromatic heterocycles. The lowest BCUT2D eigenvalue weighted by Gasteiger charge is -2.57. The maximum absolute atomic E-state index is 10.6. The van der Waals surface area contributed by atoms with Crippen molar-refractivity contribution in [3.05, 3.63) is 11.6 Å². The van der Waals surface area contributed by atoms with Crippen LogP contribution in [0.2, 0.25) is 0 Å². The first kappa shape index (κ1) is 15.7. The molecule has 3 saturated carbocycles. The Morgan fingerprint density at radius 3 is 2.74 bits per heavy atom. The number of fused-ring (bicyclic) bond motifs is 5. The summed E-state index contributed by atoms with van der Waals surface area (Å²) in [6, 6.07) is 2.52. The van der Waals surface area contributed by atoms with Gasteiger partial charge < -0.3 is 10.2 Å². The van der Waals surface area contributed by atoms with Crippen molar-refractivity contribution in [1.29, 1.82) is 5.26 Å². The van der Waals surface area contributed by atoms with E-state index in [2.05, 4.69) is 26.0 Å². The predicted octanol–water partition coefficient (Wildman–Crippen LogP) is 3.42. The van der Waals surface area contributed by atoms with E-state index in [-0.39, 0.29) is 29.0 Å². The van der Waals surface area contributed by atoms with E-state index in [9.17, 15) is 15.5 Å². The molecular formula is C20H29NO2. The van der Waals surface area contributed by atoms with Crippen LogP contribution >= 0.6 is 0 Å². The zero-order valence-electron chi connectivity index (χ0n) is 14.3. The van der Waals surface area contributed by atoms with E-state index in [1.165, 1.54) is 5.57 Å². The smallest absolute Gasteiger partial charge is 0.0660 e. The number of allylic oxidation sites excluding steroid dienone is 1. The van der Waals surface area contributed by atoms with Crippen LogP contribution < -0.4 is 0 Å². The van der Waals surface area contributed by atoms with Gasteiger partial charge in [-0.2, -0.15) is 5.26 Å². The Morgan fingerprint density at radius 1 is 1.22 bits per heavy atom. The second-order valence-electron chi connectivity index (χ2n) is 9.11. The van der Waals surface area contributed by atoms with Crippen LogP contribution in [0.5, 0.6) is 0 Å². The maximum atomic E-state index is 10.6. The van der Waals surface area contributed by atoms with Crippen molar-refractivity contribution in [1.82, 2.24) is 0 Å². The van der Waals surface area contributed by atoms with Gasteiger partial charge in [0.1, 0.15) is 0 Å². The fraction of sp³-hybridized carbons (Fsp3) is 0.850. The van der Waals surface area contributed by atoms with E-state index >= 15 is 0 Å². The van der Waals surface area contributed by atoms with E-state index in [4.69, 9.17) is 0 Å². The topological polar surface area (TPSA) is 64.2 Å². The molecule has 0 spiro atoms. The van der Waals surface area contributed by atoms with Crippen molar-refractivity contribution in [2.45, 2.75) is 71.0 Å². The Labute approximate surface area is 139 Å². The molecule has 0 heterocycles. The fourth-order valence-electron chi connectivity index (χ4n) is 6.86. The molecule has 0 aliphatic heterocycles. The Balaban J connectivity index is 1.72. The zero-order chi connectivity index (χ0) is 16.4. The van der Waals surface area contributed by atoms with Crippen LogP contribution in [0.15, 0.2) is 11.6 Å². The zero-order valence-corrected chi connectivity index (χ0v) is 14.3. The SMILES string of the molecule is C[C@]12CCC(O)CC1=CC[C@@H]1[C@H]2CC[C@]2(C)C(O)CC(C#N)[C@@H]12. The summed E-state index contributed by atoms with van der Waals surface area (Å²) in [5, 5.41) is 30.3. The summed E-state index contributed by atoms with van der Waals surface area (Å²) in [5.41, 5.74) is 1.60. The minimum atomic E-state index is -0.315. The molecule has 23 heavy (non-hydrogen) atoms. The summed E-state index contributed by atoms with van der Waals surface area (Å²) in [5.74, 6) is 1.49. The molecule has 4 rings (SSSR count). The quantitative estimate of drug-likeness (QED) is 0.673. The molecule has 0 bridgehead atoms. The number of aliphatic hydroxyl groups is 2. The van der Waals surface area contributed by atoms with Gasteiger partial charge in [-0.1, -0.05) is 25.5 Å². The van der Waals surface area contributed by atoms with Crippen LogP contribution in [0, 0.1) is 45.8 Å². The summed E-state index contributed by atoms with van der Waals surface area (Å²) >= 11 is 0. The lowest BCUT2D eigenvalue weighted by Crippen LogP contribution is -2.52. The van der Waals surface area contributed by atoms with Gasteiger partial charge in [0.2, 0.25) is 0 Å². The summed E-state index contributed by atoms with van der Waals surface area (Å²) in [6.45, 7) is 4.62. The molecule has 8 atom stereocenters. The third-order valence-corrected chi connectivity index (χ3v) is 8.21. The highest BCUT2D eigenvalue weighted by molar-refractivity contribution is 5.26. The van der Waals surface area contributed by atoms with E-state index in [1.807, 2.05) is 0 Å². The minimum Gasteiger partial charge on any atom is -0.393 e. The van der Waals surface area contributed by atoms with Crippen molar-refractivity contribution >= 4 is 0 Å². The number of rotatable bonds is 0. The molecule has 4 aliphatic carbocycles. The van der Waals surface area contributed by atoms with E-state index in [1.54, 1.807) is 0 Å². The van der Waals surface area contributed by atoms with Gasteiger partial charge in [-0.25, -0.2) is 0 Å². The van der Waals surface area contributed by atoms with Gasteiger partial charge in [-0.3, -0.25) is 0 Å². The second kappa shape index (κ2) is 5.07. The van der Waals surface area contributed by atoms with Gasteiger partial charge in [0.15, 0.2) is 0 Å². The molecule has 0 aromatic carbocycles. The highest BCUT2D eigenvalue weighted by atomic mass is 16.3. The minimum absolute atomic E-state index is 0.00975. The molecule has 2 N–H and O–H groups in total. The van der Waals surface area contributed by atoms with E-state index < -0.39 is 0 Å². The molecule has 0 radical (unpaired) electrons. The fourth-order valence-corrected chi connectivity index (χ4v) is 6.86. The third kappa shape index (κ3) is 2.01. The predicted molar refractivity (Wildman–Crippen MR) is 88.2 cm³/mol. The van der Waals surface area contributed by atoms with E-state index in [0.717, 1.165) is 38.5 Å². The lowest BCUT2D eigenvalue weighted by atomic mass is 9.47. The van der Waals surface area contributed by atoms with Crippen LogP contribution in [0.1, 0.15) is 58.8 Å². The number of aliphatic hydroxyl groups excluding tert-OH is 2. The van der Waals surface area contributed by atoms with Crippen molar-refractivity contribution in [3.8, 4) is 6.07 Å². The van der Waals surface area contributed by atoms with Crippen LogP contribution in [0.4, 0.5) is 0 Å². The Kier molecular flexibility index (Phi) is 3.45. The molecule has 3 nitrogen and oxygen atoms in total. The first-order valence-corrected chi connectivity index (χ1v) is 9.35. The van der Waals surface area contributed by atoms with Crippen LogP contribution in [0.3, 0.4) is 0 Å². The van der Waals surface area contributed by atoms with E-state index in [0.29, 0.717) is 24.2 Å². The highest BCUT2D eigenvalue weighted by Crippen LogP contribution is 2.65. The van der Waals surface area contributed by atoms with Crippen molar-refractivity contribution in [2.75, 3.05) is 0 Å². The standard InChI is InChI=1S/C20H29NO2/c1-19-7-5-14(22)10-13(19)3-4-15-16(19)6-8-20(2)17(23)9-12(11-21)18(15)20/h3,12,14-18,22-23H,4-10H2,1-2H3/t12?,14?,15-,16-,17?,18+,19+,20-/m1/s1. The Morgan fingerprint density at radius 2 is 2.00 bits per heavy atom. The largest absolute Gasteiger partial charge is 0.393 e. The third-order valence-electron chi connectivity index (χ3n) is 8.21. The summed E-state index contributed by atoms with van der Waals surface area (Å²) < 4.78 is 0. The highest BCUT2D eigenvalue weighted by Gasteiger charge is 2.61. The normalized spacial score (nSPS) is 55.2. The van der Waals surface area contributed by atoms with Crippen molar-refractivity contribution in [2.24, 2.45) is 34.5 Å². The molecular weight excluding hydrogens is 286 g/mol. The van der Waals surface area contributed by atoms with Gasteiger partial charge in [0, 0.05) is 0 Å². The average Bonchev–Trinajstić information content (AvgIpc) is 2.79. The Bertz CT molecular complexity index is 579. The summed E-state index contributed by atoms with van der Waals surface area (Å²) in [7, 11) is 0. The van der Waals surface area contributed by atoms with Crippen molar-refractivity contribution < 1.29 is 10.2 Å². The molecule has 0 amide bonds. The van der Waals surface area contributed by atoms with Crippen molar-refractivity contribution in [3.63, 3.8) is 0 Å². The van der Waals surface area contributed by atoms with Gasteiger partial charge in [0.05, 0.1) is 24.2 Å². The summed E-state index contributed by atoms with van der Waals surface area (Å²) in [6.07, 6.45) is 8.62. The number of hydrogen-bond acceptors (Lipinski definition) is 3. The molecule has 4 aliphatic rings. The van der Waals surface area contributed by atoms with Gasteiger partial charge in [-0.15, -0.1) is 0 Å².